The smallest absolute Gasteiger partial charge is 0.187 e. The predicted molar refractivity (Wildman–Crippen MR) is 139 cm³/mol. The van der Waals surface area contributed by atoms with Crippen LogP contribution >= 0.6 is 12.2 Å². The second kappa shape index (κ2) is 12.4. The van der Waals surface area contributed by atoms with E-state index in [1.54, 1.807) is 6.08 Å². The molecule has 0 radical (unpaired) electrons. The van der Waals surface area contributed by atoms with Gasteiger partial charge in [-0.05, 0) is 73.8 Å². The first-order valence-corrected chi connectivity index (χ1v) is 11.9. The van der Waals surface area contributed by atoms with Crippen molar-refractivity contribution in [2.24, 2.45) is 5.10 Å². The van der Waals surface area contributed by atoms with Crippen LogP contribution in [0.25, 0.3) is 6.08 Å². The molecule has 0 saturated carbocycles. The summed E-state index contributed by atoms with van der Waals surface area (Å²) in [6.45, 7) is 14.0. The van der Waals surface area contributed by atoms with Gasteiger partial charge >= 0.3 is 0 Å². The molecule has 1 aromatic carbocycles. The van der Waals surface area contributed by atoms with E-state index in [4.69, 9.17) is 17.0 Å². The van der Waals surface area contributed by atoms with Gasteiger partial charge in [0.2, 0.25) is 0 Å². The lowest BCUT2D eigenvalue weighted by molar-refractivity contribution is 0.0548. The molecular weight excluding hydrogens is 418 g/mol. The summed E-state index contributed by atoms with van der Waals surface area (Å²) in [7, 11) is 0. The summed E-state index contributed by atoms with van der Waals surface area (Å²) < 4.78 is 5.59. The van der Waals surface area contributed by atoms with Crippen LogP contribution in [-0.2, 0) is 4.74 Å². The molecule has 172 valence electrons. The minimum absolute atomic E-state index is 0.497. The van der Waals surface area contributed by atoms with Gasteiger partial charge in [0.15, 0.2) is 5.11 Å². The lowest BCUT2D eigenvalue weighted by Gasteiger charge is -2.31. The summed E-state index contributed by atoms with van der Waals surface area (Å²) >= 11 is 5.23. The molecule has 2 aliphatic rings. The molecule has 1 aliphatic carbocycles. The maximum Gasteiger partial charge on any atom is 0.187 e. The number of ether oxygens (including phenoxy) is 1. The molecule has 0 atom stereocenters. The van der Waals surface area contributed by atoms with Gasteiger partial charge < -0.3 is 19.9 Å². The molecule has 2 N–H and O–H groups in total. The molecular formula is C25H35N5OS. The number of allylic oxidation sites excluding steroid dienone is 2. The van der Waals surface area contributed by atoms with Gasteiger partial charge in [0.25, 0.3) is 0 Å². The average Bonchev–Trinajstić information content (AvgIpc) is 3.22. The first-order valence-electron chi connectivity index (χ1n) is 11.5. The van der Waals surface area contributed by atoms with E-state index in [1.165, 1.54) is 28.1 Å². The zero-order chi connectivity index (χ0) is 22.8. The first-order chi connectivity index (χ1) is 15.7. The SMILES string of the molecule is C=CCNC(=S)N/N=C\C1=C(N2CCOCC2)C(=C/c2ccc(N(CC)CC)cc2)/CC1. The van der Waals surface area contributed by atoms with Crippen molar-refractivity contribution in [3.63, 3.8) is 0 Å². The molecule has 0 bridgehead atoms. The third kappa shape index (κ3) is 6.43. The van der Waals surface area contributed by atoms with Crippen LogP contribution in [-0.4, -0.2) is 62.2 Å². The second-order valence-corrected chi connectivity index (χ2v) is 8.18. The summed E-state index contributed by atoms with van der Waals surface area (Å²) in [5.41, 5.74) is 9.28. The standard InChI is InChI=1S/C25H35N5OS/c1-4-13-26-25(32)28-27-19-22-10-9-21(24(22)30-14-16-31-17-15-30)18-20-7-11-23(12-8-20)29(5-2)6-3/h4,7-8,11-12,18-19H,1,5-6,9-10,13-17H2,2-3H3,(H2,26,28,32)/b21-18+,27-19-. The molecule has 0 spiro atoms. The summed E-state index contributed by atoms with van der Waals surface area (Å²) in [4.78, 5) is 4.80. The highest BCUT2D eigenvalue weighted by atomic mass is 32.1. The molecule has 1 heterocycles. The summed E-state index contributed by atoms with van der Waals surface area (Å²) in [5, 5.41) is 7.90. The van der Waals surface area contributed by atoms with E-state index in [0.29, 0.717) is 11.7 Å². The van der Waals surface area contributed by atoms with E-state index in [9.17, 15) is 0 Å². The molecule has 1 saturated heterocycles. The fourth-order valence-electron chi connectivity index (χ4n) is 4.12. The Kier molecular flexibility index (Phi) is 9.31. The van der Waals surface area contributed by atoms with E-state index in [2.05, 4.69) is 76.4 Å². The van der Waals surface area contributed by atoms with E-state index in [-0.39, 0.29) is 0 Å². The Labute approximate surface area is 197 Å². The largest absolute Gasteiger partial charge is 0.378 e. The monoisotopic (exact) mass is 453 g/mol. The lowest BCUT2D eigenvalue weighted by Crippen LogP contribution is -2.36. The highest BCUT2D eigenvalue weighted by Gasteiger charge is 2.25. The lowest BCUT2D eigenvalue weighted by atomic mass is 10.1. The van der Waals surface area contributed by atoms with E-state index < -0.39 is 0 Å². The van der Waals surface area contributed by atoms with Crippen LogP contribution in [0.2, 0.25) is 0 Å². The van der Waals surface area contributed by atoms with Gasteiger partial charge in [-0.1, -0.05) is 18.2 Å². The molecule has 1 aromatic rings. The van der Waals surface area contributed by atoms with Crippen LogP contribution in [0.1, 0.15) is 32.3 Å². The average molecular weight is 454 g/mol. The van der Waals surface area contributed by atoms with Gasteiger partial charge in [0.1, 0.15) is 0 Å². The van der Waals surface area contributed by atoms with Crippen molar-refractivity contribution in [2.75, 3.05) is 50.8 Å². The molecule has 0 aromatic heterocycles. The Bertz CT molecular complexity index is 865. The highest BCUT2D eigenvalue weighted by Crippen LogP contribution is 2.35. The summed E-state index contributed by atoms with van der Waals surface area (Å²) in [6.07, 6.45) is 7.97. The zero-order valence-electron chi connectivity index (χ0n) is 19.3. The van der Waals surface area contributed by atoms with E-state index in [0.717, 1.165) is 52.2 Å². The Morgan fingerprint density at radius 1 is 1.19 bits per heavy atom. The Morgan fingerprint density at radius 2 is 1.91 bits per heavy atom. The van der Waals surface area contributed by atoms with Gasteiger partial charge in [-0.2, -0.15) is 5.10 Å². The van der Waals surface area contributed by atoms with Crippen molar-refractivity contribution in [1.82, 2.24) is 15.6 Å². The number of nitrogens with zero attached hydrogens (tertiary/aromatic N) is 3. The molecule has 7 heteroatoms. The number of thiocarbonyl (C=S) groups is 1. The fraction of sp³-hybridized carbons (Fsp3) is 0.440. The Morgan fingerprint density at radius 3 is 2.56 bits per heavy atom. The van der Waals surface area contributed by atoms with Crippen molar-refractivity contribution >= 4 is 35.3 Å². The van der Waals surface area contributed by atoms with Crippen LogP contribution in [0, 0.1) is 0 Å². The summed E-state index contributed by atoms with van der Waals surface area (Å²) in [5.74, 6) is 0. The van der Waals surface area contributed by atoms with Crippen molar-refractivity contribution in [3.05, 3.63) is 59.3 Å². The molecule has 1 aliphatic heterocycles. The van der Waals surface area contributed by atoms with Gasteiger partial charge in [0, 0.05) is 44.1 Å². The minimum atomic E-state index is 0.497. The predicted octanol–water partition coefficient (Wildman–Crippen LogP) is 3.93. The number of rotatable bonds is 9. The quantitative estimate of drug-likeness (QED) is 0.256. The molecule has 3 rings (SSSR count). The van der Waals surface area contributed by atoms with Gasteiger partial charge in [-0.3, -0.25) is 5.43 Å². The van der Waals surface area contributed by atoms with Gasteiger partial charge in [0.05, 0.1) is 19.4 Å². The van der Waals surface area contributed by atoms with Crippen molar-refractivity contribution < 1.29 is 4.74 Å². The van der Waals surface area contributed by atoms with Crippen LogP contribution in [0.4, 0.5) is 5.69 Å². The van der Waals surface area contributed by atoms with E-state index >= 15 is 0 Å². The second-order valence-electron chi connectivity index (χ2n) is 7.78. The van der Waals surface area contributed by atoms with Crippen molar-refractivity contribution in [1.29, 1.82) is 0 Å². The molecule has 0 unspecified atom stereocenters. The van der Waals surface area contributed by atoms with Crippen molar-refractivity contribution in [3.8, 4) is 0 Å². The number of nitrogens with one attached hydrogen (secondary N) is 2. The molecule has 1 fully saturated rings. The van der Waals surface area contributed by atoms with E-state index in [1.807, 2.05) is 6.21 Å². The zero-order valence-corrected chi connectivity index (χ0v) is 20.1. The molecule has 6 nitrogen and oxygen atoms in total. The summed E-state index contributed by atoms with van der Waals surface area (Å²) in [6, 6.07) is 8.87. The van der Waals surface area contributed by atoms with Crippen LogP contribution in [0.3, 0.4) is 0 Å². The van der Waals surface area contributed by atoms with Crippen LogP contribution < -0.4 is 15.6 Å². The van der Waals surface area contributed by atoms with Crippen LogP contribution in [0.5, 0.6) is 0 Å². The number of morpholine rings is 1. The third-order valence-corrected chi connectivity index (χ3v) is 5.99. The number of benzene rings is 1. The number of hydrazone groups is 1. The number of hydrogen-bond acceptors (Lipinski definition) is 5. The van der Waals surface area contributed by atoms with Gasteiger partial charge in [-0.25, -0.2) is 0 Å². The maximum absolute atomic E-state index is 5.59. The first kappa shape index (κ1) is 24.0. The minimum Gasteiger partial charge on any atom is -0.378 e. The number of anilines is 1. The van der Waals surface area contributed by atoms with Crippen molar-refractivity contribution in [2.45, 2.75) is 26.7 Å². The van der Waals surface area contributed by atoms with Crippen LogP contribution in [0.15, 0.2) is 58.9 Å². The Balaban J connectivity index is 1.81. The van der Waals surface area contributed by atoms with Gasteiger partial charge in [-0.15, -0.1) is 6.58 Å². The highest BCUT2D eigenvalue weighted by molar-refractivity contribution is 7.80. The fourth-order valence-corrected chi connectivity index (χ4v) is 4.25. The third-order valence-electron chi connectivity index (χ3n) is 5.76. The topological polar surface area (TPSA) is 52.1 Å². The maximum atomic E-state index is 5.59. The Hall–Kier alpha value is -2.64. The molecule has 32 heavy (non-hydrogen) atoms. The number of hydrogen-bond donors (Lipinski definition) is 2. The molecule has 0 amide bonds. The normalized spacial score (nSPS) is 17.8.